The number of cyclic esters (lactones) is 1. The van der Waals surface area contributed by atoms with Gasteiger partial charge in [-0.25, -0.2) is 9.78 Å². The van der Waals surface area contributed by atoms with E-state index in [2.05, 4.69) is 25.4 Å². The molecule has 3 aliphatic rings. The number of β-amino-alcohol motifs (C(OH)–C–C–N with tert-alkyl or cyclic N) is 1. The maximum atomic E-state index is 13.4. The van der Waals surface area contributed by atoms with E-state index in [1.54, 1.807) is 30.3 Å². The van der Waals surface area contributed by atoms with E-state index >= 15 is 0 Å². The summed E-state index contributed by atoms with van der Waals surface area (Å²) >= 11 is 0. The molecule has 5 rings (SSSR count). The highest BCUT2D eigenvalue weighted by molar-refractivity contribution is 5.91. The molecule has 33 heavy (non-hydrogen) atoms. The monoisotopic (exact) mass is 455 g/mol. The Kier molecular flexibility index (Phi) is 5.64. The Balaban J connectivity index is 1.21. The van der Waals surface area contributed by atoms with Gasteiger partial charge in [-0.2, -0.15) is 4.68 Å². The van der Waals surface area contributed by atoms with Crippen LogP contribution in [0.1, 0.15) is 24.5 Å². The van der Waals surface area contributed by atoms with Gasteiger partial charge in [0.2, 0.25) is 5.91 Å². The van der Waals surface area contributed by atoms with E-state index in [0.717, 1.165) is 0 Å². The summed E-state index contributed by atoms with van der Waals surface area (Å²) in [5, 5.41) is 21.7. The van der Waals surface area contributed by atoms with Crippen molar-refractivity contribution in [2.75, 3.05) is 39.9 Å². The third kappa shape index (κ3) is 3.90. The van der Waals surface area contributed by atoms with E-state index in [1.165, 1.54) is 17.1 Å². The average molecular weight is 455 g/mol. The number of carbonyl (C=O) groups excluding carboxylic acids is 2. The quantitative estimate of drug-likeness (QED) is 0.566. The van der Waals surface area contributed by atoms with Gasteiger partial charge < -0.3 is 24.4 Å². The smallest absolute Gasteiger partial charge is 0.333 e. The van der Waals surface area contributed by atoms with E-state index < -0.39 is 17.5 Å². The lowest BCUT2D eigenvalue weighted by Gasteiger charge is -2.40. The number of aromatic nitrogens is 5. The second-order valence-corrected chi connectivity index (χ2v) is 8.56. The number of rotatable bonds is 6. The van der Waals surface area contributed by atoms with Crippen LogP contribution in [0.4, 0.5) is 0 Å². The zero-order valence-corrected chi connectivity index (χ0v) is 18.2. The van der Waals surface area contributed by atoms with Gasteiger partial charge in [0.15, 0.2) is 5.82 Å². The number of aliphatic hydroxyl groups is 1. The van der Waals surface area contributed by atoms with Crippen molar-refractivity contribution in [1.29, 1.82) is 0 Å². The van der Waals surface area contributed by atoms with Crippen LogP contribution < -0.4 is 0 Å². The van der Waals surface area contributed by atoms with E-state index in [1.807, 2.05) is 0 Å². The number of hydrogen-bond donors (Lipinski definition) is 1. The SMILES string of the molecule is COC1CN(C2=CC(=O)OC2)C(=O)C12CCN(C[C@H](O)c1ccc(-n3cnnn3)nc1)CC2. The zero-order valence-electron chi connectivity index (χ0n) is 18.2. The van der Waals surface area contributed by atoms with Crippen LogP contribution >= 0.6 is 0 Å². The van der Waals surface area contributed by atoms with Gasteiger partial charge in [-0.15, -0.1) is 5.10 Å². The maximum Gasteiger partial charge on any atom is 0.333 e. The number of pyridine rings is 1. The third-order valence-corrected chi connectivity index (χ3v) is 6.83. The van der Waals surface area contributed by atoms with E-state index in [-0.39, 0.29) is 18.6 Å². The first kappa shape index (κ1) is 21.6. The molecule has 2 aromatic rings. The number of tetrazole rings is 1. The minimum atomic E-state index is -0.713. The molecule has 1 amide bonds. The summed E-state index contributed by atoms with van der Waals surface area (Å²) in [6.45, 7) is 2.28. The van der Waals surface area contributed by atoms with Gasteiger partial charge >= 0.3 is 5.97 Å². The summed E-state index contributed by atoms with van der Waals surface area (Å²) in [5.41, 5.74) is 0.666. The topological polar surface area (TPSA) is 136 Å². The highest BCUT2D eigenvalue weighted by atomic mass is 16.5. The number of ether oxygens (including phenoxy) is 2. The number of likely N-dealkylation sites (tertiary alicyclic amines) is 2. The fourth-order valence-electron chi connectivity index (χ4n) is 4.91. The highest BCUT2D eigenvalue weighted by Crippen LogP contribution is 2.44. The largest absolute Gasteiger partial charge is 0.456 e. The van der Waals surface area contributed by atoms with E-state index in [4.69, 9.17) is 9.47 Å². The minimum Gasteiger partial charge on any atom is -0.456 e. The van der Waals surface area contributed by atoms with Crippen LogP contribution in [0.2, 0.25) is 0 Å². The second-order valence-electron chi connectivity index (χ2n) is 8.56. The van der Waals surface area contributed by atoms with E-state index in [9.17, 15) is 14.7 Å². The summed E-state index contributed by atoms with van der Waals surface area (Å²) in [7, 11) is 1.62. The Hall–Kier alpha value is -3.22. The third-order valence-electron chi connectivity index (χ3n) is 6.83. The molecule has 2 atom stereocenters. The minimum absolute atomic E-state index is 0.0125. The molecule has 2 saturated heterocycles. The average Bonchev–Trinajstić information content (AvgIpc) is 3.57. The van der Waals surface area contributed by atoms with Gasteiger partial charge in [0.25, 0.3) is 0 Å². The fraction of sp³-hybridized carbons (Fsp3) is 0.524. The van der Waals surface area contributed by atoms with Crippen LogP contribution in [0, 0.1) is 5.41 Å². The Morgan fingerprint density at radius 2 is 2.12 bits per heavy atom. The lowest BCUT2D eigenvalue weighted by atomic mass is 9.75. The molecule has 0 aromatic carbocycles. The first-order valence-electron chi connectivity index (χ1n) is 10.8. The molecule has 12 heteroatoms. The Labute approximate surface area is 189 Å². The van der Waals surface area contributed by atoms with Crippen LogP contribution in [0.5, 0.6) is 0 Å². The molecule has 1 unspecified atom stereocenters. The van der Waals surface area contributed by atoms with Gasteiger partial charge in [-0.05, 0) is 42.4 Å². The van der Waals surface area contributed by atoms with Gasteiger partial charge in [0.1, 0.15) is 12.9 Å². The zero-order chi connectivity index (χ0) is 23.0. The van der Waals surface area contributed by atoms with Crippen LogP contribution in [0.3, 0.4) is 0 Å². The number of nitrogens with zero attached hydrogens (tertiary/aromatic N) is 7. The maximum absolute atomic E-state index is 13.4. The molecular formula is C21H25N7O5. The first-order valence-corrected chi connectivity index (χ1v) is 10.8. The number of amides is 1. The normalized spacial score (nSPS) is 23.8. The van der Waals surface area contributed by atoms with Crippen LogP contribution in [0.25, 0.3) is 5.82 Å². The van der Waals surface area contributed by atoms with Gasteiger partial charge in [-0.3, -0.25) is 4.79 Å². The van der Waals surface area contributed by atoms with Crippen molar-refractivity contribution in [2.24, 2.45) is 5.41 Å². The Morgan fingerprint density at radius 3 is 2.73 bits per heavy atom. The summed E-state index contributed by atoms with van der Waals surface area (Å²) in [6, 6.07) is 3.55. The summed E-state index contributed by atoms with van der Waals surface area (Å²) in [5.74, 6) is 0.133. The van der Waals surface area contributed by atoms with Crippen molar-refractivity contribution in [3.63, 3.8) is 0 Å². The van der Waals surface area contributed by atoms with Crippen molar-refractivity contribution in [3.8, 4) is 5.82 Å². The molecular weight excluding hydrogens is 430 g/mol. The molecule has 1 N–H and O–H groups in total. The van der Waals surface area contributed by atoms with Crippen LogP contribution in [-0.2, 0) is 19.1 Å². The molecule has 12 nitrogen and oxygen atoms in total. The van der Waals surface area contributed by atoms with Crippen LogP contribution in [0.15, 0.2) is 36.4 Å². The predicted molar refractivity (Wildman–Crippen MR) is 112 cm³/mol. The van der Waals surface area contributed by atoms with E-state index in [0.29, 0.717) is 56.1 Å². The predicted octanol–water partition coefficient (Wildman–Crippen LogP) is -0.529. The lowest BCUT2D eigenvalue weighted by molar-refractivity contribution is -0.141. The molecule has 0 saturated carbocycles. The highest BCUT2D eigenvalue weighted by Gasteiger charge is 2.56. The Bertz CT molecular complexity index is 1050. The number of methoxy groups -OCH3 is 1. The number of piperidine rings is 1. The number of hydrogen-bond acceptors (Lipinski definition) is 10. The molecule has 2 aromatic heterocycles. The molecule has 174 valence electrons. The van der Waals surface area contributed by atoms with Crippen molar-refractivity contribution >= 4 is 11.9 Å². The van der Waals surface area contributed by atoms with Crippen molar-refractivity contribution < 1.29 is 24.2 Å². The standard InChI is InChI=1S/C21H25N7O5/c1-32-17-11-27(15-8-19(30)33-12-15)20(31)21(17)4-6-26(7-5-21)10-16(29)14-2-3-18(22-9-14)28-13-23-24-25-28/h2-3,8-9,13,16-17,29H,4-7,10-12H2,1H3/t16-,17?/m0/s1. The molecule has 1 spiro atoms. The summed E-state index contributed by atoms with van der Waals surface area (Å²) in [4.78, 5) is 32.9. The molecule has 0 radical (unpaired) electrons. The van der Waals surface area contributed by atoms with Crippen molar-refractivity contribution in [1.82, 2.24) is 35.0 Å². The fourth-order valence-corrected chi connectivity index (χ4v) is 4.91. The molecule has 0 aliphatic carbocycles. The molecule has 5 heterocycles. The molecule has 3 aliphatic heterocycles. The second kappa shape index (κ2) is 8.61. The van der Waals surface area contributed by atoms with Gasteiger partial charge in [0, 0.05) is 31.5 Å². The first-order chi connectivity index (χ1) is 16.0. The summed E-state index contributed by atoms with van der Waals surface area (Å²) in [6.07, 6.45) is 4.72. The van der Waals surface area contributed by atoms with Crippen LogP contribution in [-0.4, -0.2) is 98.0 Å². The van der Waals surface area contributed by atoms with Gasteiger partial charge in [0.05, 0.1) is 29.9 Å². The lowest BCUT2D eigenvalue weighted by Crippen LogP contribution is -2.49. The number of aliphatic hydroxyl groups excluding tert-OH is 1. The van der Waals surface area contributed by atoms with Gasteiger partial charge in [-0.1, -0.05) is 6.07 Å². The molecule has 2 fully saturated rings. The number of esters is 1. The number of carbonyl (C=O) groups is 2. The van der Waals surface area contributed by atoms with Crippen molar-refractivity contribution in [2.45, 2.75) is 25.0 Å². The summed E-state index contributed by atoms with van der Waals surface area (Å²) < 4.78 is 12.1. The Morgan fingerprint density at radius 1 is 1.30 bits per heavy atom. The van der Waals surface area contributed by atoms with Crippen molar-refractivity contribution in [3.05, 3.63) is 42.0 Å². The molecule has 0 bridgehead atoms.